The fourth-order valence-electron chi connectivity index (χ4n) is 4.69. The molecule has 218 valence electrons. The monoisotopic (exact) mass is 568 g/mol. The number of nitrogens with one attached hydrogen (secondary N) is 3. The summed E-state index contributed by atoms with van der Waals surface area (Å²) in [6.07, 6.45) is -1.21. The normalized spacial score (nSPS) is 14.8. The predicted octanol–water partition coefficient (Wildman–Crippen LogP) is 2.22. The number of amides is 2. The van der Waals surface area contributed by atoms with Gasteiger partial charge in [0, 0.05) is 50.9 Å². The number of phenols is 1. The molecule has 0 radical (unpaired) electrons. The van der Waals surface area contributed by atoms with E-state index in [-0.39, 0.29) is 35.4 Å². The molecule has 2 amide bonds. The van der Waals surface area contributed by atoms with Crippen LogP contribution in [0.1, 0.15) is 31.8 Å². The number of aromatic hydroxyl groups is 1. The van der Waals surface area contributed by atoms with Crippen LogP contribution in [0.15, 0.2) is 60.7 Å². The van der Waals surface area contributed by atoms with Gasteiger partial charge in [0.1, 0.15) is 23.1 Å². The molecule has 4 rings (SSSR count). The summed E-state index contributed by atoms with van der Waals surface area (Å²) in [4.78, 5) is 27.9. The third-order valence-electron chi connectivity index (χ3n) is 6.87. The molecule has 9 nitrogen and oxygen atoms in total. The van der Waals surface area contributed by atoms with E-state index in [1.54, 1.807) is 12.0 Å². The molecule has 1 saturated heterocycles. The van der Waals surface area contributed by atoms with Gasteiger partial charge in [-0.3, -0.25) is 9.59 Å². The van der Waals surface area contributed by atoms with Crippen molar-refractivity contribution in [1.82, 2.24) is 20.9 Å². The molecule has 0 saturated carbocycles. The van der Waals surface area contributed by atoms with Crippen molar-refractivity contribution in [3.63, 3.8) is 0 Å². The smallest absolute Gasteiger partial charge is 0.257 e. The number of aliphatic hydroxyl groups is 1. The highest BCUT2D eigenvalue weighted by Gasteiger charge is 2.25. The standard InChI is InChI=1S/C30H34F2N4O5/c1-41-24-4-2-3-19(13-24)17-34-18-28(38)26(14-20-11-22(31)16-23(32)12-20)35-29(39)21-5-6-27(37)25(15-21)30(40)36-9-7-33-8-10-36/h2-6,11-13,15-16,26,28,33-34,37-38H,7-10,14,17-18H2,1H3,(H,35,39). The van der Waals surface area contributed by atoms with Crippen molar-refractivity contribution in [3.05, 3.63) is 94.6 Å². The lowest BCUT2D eigenvalue weighted by molar-refractivity contribution is 0.0732. The van der Waals surface area contributed by atoms with E-state index < -0.39 is 35.6 Å². The molecule has 2 atom stereocenters. The van der Waals surface area contributed by atoms with Crippen LogP contribution in [0.3, 0.4) is 0 Å². The Hall–Kier alpha value is -4.06. The Kier molecular flexibility index (Phi) is 10.2. The summed E-state index contributed by atoms with van der Waals surface area (Å²) in [5.41, 5.74) is 1.24. The molecule has 3 aromatic carbocycles. The van der Waals surface area contributed by atoms with Crippen LogP contribution >= 0.6 is 0 Å². The summed E-state index contributed by atoms with van der Waals surface area (Å²) in [7, 11) is 1.57. The van der Waals surface area contributed by atoms with Gasteiger partial charge in [-0.05, 0) is 60.0 Å². The second-order valence-electron chi connectivity index (χ2n) is 9.89. The molecule has 5 N–H and O–H groups in total. The number of piperazine rings is 1. The van der Waals surface area contributed by atoms with Crippen LogP contribution in [0.2, 0.25) is 0 Å². The molecular formula is C30H34F2N4O5. The molecule has 1 heterocycles. The number of carbonyl (C=O) groups is 2. The SMILES string of the molecule is COc1cccc(CNCC(O)C(Cc2cc(F)cc(F)c2)NC(=O)c2ccc(O)c(C(=O)N3CCNCC3)c2)c1. The van der Waals surface area contributed by atoms with Crippen molar-refractivity contribution in [1.29, 1.82) is 0 Å². The summed E-state index contributed by atoms with van der Waals surface area (Å²) >= 11 is 0. The van der Waals surface area contributed by atoms with Crippen LogP contribution in [0.5, 0.6) is 11.5 Å². The van der Waals surface area contributed by atoms with Crippen molar-refractivity contribution < 1.29 is 33.3 Å². The third kappa shape index (κ3) is 8.23. The highest BCUT2D eigenvalue weighted by molar-refractivity contribution is 6.01. The molecule has 1 fully saturated rings. The highest BCUT2D eigenvalue weighted by atomic mass is 19.1. The van der Waals surface area contributed by atoms with Gasteiger partial charge in [-0.1, -0.05) is 12.1 Å². The largest absolute Gasteiger partial charge is 0.507 e. The lowest BCUT2D eigenvalue weighted by Gasteiger charge is -2.28. The number of nitrogens with zero attached hydrogens (tertiary/aromatic N) is 1. The number of methoxy groups -OCH3 is 1. The van der Waals surface area contributed by atoms with Gasteiger partial charge in [0.05, 0.1) is 24.8 Å². The van der Waals surface area contributed by atoms with Crippen molar-refractivity contribution in [2.75, 3.05) is 39.8 Å². The number of ether oxygens (including phenoxy) is 1. The highest BCUT2D eigenvalue weighted by Crippen LogP contribution is 2.21. The molecule has 2 unspecified atom stereocenters. The van der Waals surface area contributed by atoms with Crippen molar-refractivity contribution in [2.24, 2.45) is 0 Å². The van der Waals surface area contributed by atoms with E-state index in [9.17, 15) is 28.6 Å². The molecule has 3 aromatic rings. The molecule has 41 heavy (non-hydrogen) atoms. The topological polar surface area (TPSA) is 123 Å². The number of halogens is 2. The molecule has 1 aliphatic heterocycles. The first kappa shape index (κ1) is 29.9. The maximum absolute atomic E-state index is 13.9. The van der Waals surface area contributed by atoms with Crippen LogP contribution in [0.25, 0.3) is 0 Å². The summed E-state index contributed by atoms with van der Waals surface area (Å²) in [6.45, 7) is 2.64. The number of benzene rings is 3. The zero-order chi connectivity index (χ0) is 29.4. The van der Waals surface area contributed by atoms with E-state index in [1.165, 1.54) is 18.2 Å². The number of hydrogen-bond acceptors (Lipinski definition) is 7. The quantitative estimate of drug-likeness (QED) is 0.240. The van der Waals surface area contributed by atoms with E-state index in [0.717, 1.165) is 23.8 Å². The van der Waals surface area contributed by atoms with E-state index in [4.69, 9.17) is 4.74 Å². The molecule has 0 spiro atoms. The van der Waals surface area contributed by atoms with Gasteiger partial charge >= 0.3 is 0 Å². The Morgan fingerprint density at radius 1 is 1.02 bits per heavy atom. The minimum Gasteiger partial charge on any atom is -0.507 e. The molecule has 0 aliphatic carbocycles. The number of carbonyl (C=O) groups excluding carboxylic acids is 2. The van der Waals surface area contributed by atoms with Gasteiger partial charge in [0.15, 0.2) is 0 Å². The van der Waals surface area contributed by atoms with Crippen molar-refractivity contribution >= 4 is 11.8 Å². The van der Waals surface area contributed by atoms with Gasteiger partial charge < -0.3 is 35.8 Å². The van der Waals surface area contributed by atoms with Crippen LogP contribution in [0.4, 0.5) is 8.78 Å². The van der Waals surface area contributed by atoms with Crippen LogP contribution in [-0.2, 0) is 13.0 Å². The Bertz CT molecular complexity index is 1350. The van der Waals surface area contributed by atoms with Crippen LogP contribution in [-0.4, -0.2) is 78.9 Å². The first-order chi connectivity index (χ1) is 19.7. The minimum atomic E-state index is -1.14. The van der Waals surface area contributed by atoms with Gasteiger partial charge in [-0.25, -0.2) is 8.78 Å². The molecule has 0 bridgehead atoms. The Balaban J connectivity index is 1.49. The van der Waals surface area contributed by atoms with E-state index in [0.29, 0.717) is 38.5 Å². The number of hydrogen-bond donors (Lipinski definition) is 5. The van der Waals surface area contributed by atoms with Crippen molar-refractivity contribution in [3.8, 4) is 11.5 Å². The summed E-state index contributed by atoms with van der Waals surface area (Å²) in [5, 5.41) is 30.4. The van der Waals surface area contributed by atoms with Gasteiger partial charge in [0.2, 0.25) is 0 Å². The van der Waals surface area contributed by atoms with Crippen LogP contribution < -0.4 is 20.7 Å². The maximum atomic E-state index is 13.9. The van der Waals surface area contributed by atoms with Gasteiger partial charge in [0.25, 0.3) is 11.8 Å². The second kappa shape index (κ2) is 14.0. The fraction of sp³-hybridized carbons (Fsp3) is 0.333. The molecule has 1 aliphatic rings. The lowest BCUT2D eigenvalue weighted by atomic mass is 9.99. The molecule has 11 heteroatoms. The van der Waals surface area contributed by atoms with Gasteiger partial charge in [-0.15, -0.1) is 0 Å². The number of aliphatic hydroxyl groups excluding tert-OH is 1. The first-order valence-electron chi connectivity index (χ1n) is 13.3. The predicted molar refractivity (Wildman–Crippen MR) is 149 cm³/mol. The zero-order valence-electron chi connectivity index (χ0n) is 22.7. The third-order valence-corrected chi connectivity index (χ3v) is 6.87. The van der Waals surface area contributed by atoms with E-state index >= 15 is 0 Å². The summed E-state index contributed by atoms with van der Waals surface area (Å²) in [5.74, 6) is -2.12. The Labute approximate surface area is 237 Å². The van der Waals surface area contributed by atoms with Crippen LogP contribution in [0, 0.1) is 11.6 Å². The number of phenolic OH excluding ortho intramolecular Hbond substituents is 1. The fourth-order valence-corrected chi connectivity index (χ4v) is 4.69. The van der Waals surface area contributed by atoms with E-state index in [1.807, 2.05) is 24.3 Å². The summed E-state index contributed by atoms with van der Waals surface area (Å²) < 4.78 is 33.0. The maximum Gasteiger partial charge on any atom is 0.257 e. The average molecular weight is 569 g/mol. The van der Waals surface area contributed by atoms with Crippen molar-refractivity contribution in [2.45, 2.75) is 25.1 Å². The zero-order valence-corrected chi connectivity index (χ0v) is 22.7. The molecular weight excluding hydrogens is 534 g/mol. The van der Waals surface area contributed by atoms with E-state index in [2.05, 4.69) is 16.0 Å². The number of rotatable bonds is 11. The first-order valence-corrected chi connectivity index (χ1v) is 13.3. The average Bonchev–Trinajstić information content (AvgIpc) is 2.96. The van der Waals surface area contributed by atoms with Gasteiger partial charge in [-0.2, -0.15) is 0 Å². The minimum absolute atomic E-state index is 0.0104. The second-order valence-corrected chi connectivity index (χ2v) is 9.89. The Morgan fingerprint density at radius 3 is 2.46 bits per heavy atom. The lowest BCUT2D eigenvalue weighted by Crippen LogP contribution is -2.48. The Morgan fingerprint density at radius 2 is 1.76 bits per heavy atom. The summed E-state index contributed by atoms with van der Waals surface area (Å²) in [6, 6.07) is 13.4. The molecule has 0 aromatic heterocycles.